The minimum Gasteiger partial charge on any atom is -0.398 e. The zero-order valence-corrected chi connectivity index (χ0v) is 13.4. The maximum absolute atomic E-state index is 6.20. The van der Waals surface area contributed by atoms with Crippen LogP contribution in [0.1, 0.15) is 0 Å². The van der Waals surface area contributed by atoms with Crippen molar-refractivity contribution in [1.82, 2.24) is 19.7 Å². The predicted molar refractivity (Wildman–Crippen MR) is 90.1 cm³/mol. The fourth-order valence-electron chi connectivity index (χ4n) is 2.76. The summed E-state index contributed by atoms with van der Waals surface area (Å²) in [5.41, 5.74) is 10.0. The van der Waals surface area contributed by atoms with Crippen LogP contribution >= 0.6 is 11.8 Å². The number of rotatable bonds is 3. The summed E-state index contributed by atoms with van der Waals surface area (Å²) in [7, 11) is 4.14. The van der Waals surface area contributed by atoms with E-state index in [4.69, 9.17) is 10.8 Å². The summed E-state index contributed by atoms with van der Waals surface area (Å²) in [5.74, 6) is 0. The van der Waals surface area contributed by atoms with Gasteiger partial charge >= 0.3 is 0 Å². The van der Waals surface area contributed by atoms with Crippen LogP contribution in [0.15, 0.2) is 40.3 Å². The van der Waals surface area contributed by atoms with Crippen molar-refractivity contribution >= 4 is 28.4 Å². The van der Waals surface area contributed by atoms with E-state index in [1.165, 1.54) is 0 Å². The zero-order valence-electron chi connectivity index (χ0n) is 12.6. The van der Waals surface area contributed by atoms with Crippen LogP contribution in [0, 0.1) is 0 Å². The summed E-state index contributed by atoms with van der Waals surface area (Å²) in [4.78, 5) is 8.91. The van der Waals surface area contributed by atoms with Gasteiger partial charge in [0.25, 0.3) is 0 Å². The molecule has 3 heterocycles. The van der Waals surface area contributed by atoms with Crippen molar-refractivity contribution < 1.29 is 0 Å². The quantitative estimate of drug-likeness (QED) is 0.590. The average molecular weight is 311 g/mol. The number of hydrogen-bond donors (Lipinski definition) is 1. The Balaban J connectivity index is 1.97. The molecule has 3 aromatic rings. The molecular formula is C16H17N5S. The molecule has 0 bridgehead atoms. The van der Waals surface area contributed by atoms with Gasteiger partial charge in [-0.3, -0.25) is 9.67 Å². The topological polar surface area (TPSA) is 60.0 Å². The Kier molecular flexibility index (Phi) is 3.09. The molecule has 0 spiro atoms. The van der Waals surface area contributed by atoms with Gasteiger partial charge in [0.2, 0.25) is 0 Å². The number of pyridine rings is 1. The normalized spacial score (nSPS) is 12.9. The van der Waals surface area contributed by atoms with Gasteiger partial charge in [0.15, 0.2) is 0 Å². The highest BCUT2D eigenvalue weighted by molar-refractivity contribution is 8.00. The van der Waals surface area contributed by atoms with E-state index in [-0.39, 0.29) is 0 Å². The van der Waals surface area contributed by atoms with E-state index in [1.807, 2.05) is 18.3 Å². The predicted octanol–water partition coefficient (Wildman–Crippen LogP) is 2.71. The van der Waals surface area contributed by atoms with Crippen molar-refractivity contribution in [2.75, 3.05) is 26.4 Å². The highest BCUT2D eigenvalue weighted by Gasteiger charge is 2.26. The van der Waals surface area contributed by atoms with Crippen molar-refractivity contribution in [1.29, 1.82) is 0 Å². The van der Waals surface area contributed by atoms with Crippen LogP contribution in [0.3, 0.4) is 0 Å². The molecule has 5 nitrogen and oxygen atoms in total. The van der Waals surface area contributed by atoms with E-state index in [9.17, 15) is 0 Å². The van der Waals surface area contributed by atoms with E-state index in [2.05, 4.69) is 40.8 Å². The highest BCUT2D eigenvalue weighted by Crippen LogP contribution is 2.48. The molecule has 0 radical (unpaired) electrons. The Hall–Kier alpha value is -2.05. The van der Waals surface area contributed by atoms with Crippen LogP contribution in [0.2, 0.25) is 0 Å². The molecule has 0 unspecified atom stereocenters. The lowest BCUT2D eigenvalue weighted by atomic mass is 10.1. The Morgan fingerprint density at radius 3 is 2.91 bits per heavy atom. The van der Waals surface area contributed by atoms with Crippen LogP contribution in [-0.2, 0) is 6.54 Å². The molecule has 6 heteroatoms. The summed E-state index contributed by atoms with van der Waals surface area (Å²) in [6, 6.07) is 8.07. The Morgan fingerprint density at radius 2 is 2.09 bits per heavy atom. The summed E-state index contributed by atoms with van der Waals surface area (Å²) < 4.78 is 2.07. The molecular weight excluding hydrogens is 294 g/mol. The Bertz CT molecular complexity index is 868. The number of nitrogen functional groups attached to an aromatic ring is 1. The van der Waals surface area contributed by atoms with Gasteiger partial charge in [-0.1, -0.05) is 11.8 Å². The Morgan fingerprint density at radius 1 is 1.23 bits per heavy atom. The number of hydrogen-bond acceptors (Lipinski definition) is 5. The second-order valence-corrected chi connectivity index (χ2v) is 6.76. The number of nitrogens with zero attached hydrogens (tertiary/aromatic N) is 4. The number of anilines is 1. The fraction of sp³-hybridized carbons (Fsp3) is 0.250. The largest absolute Gasteiger partial charge is 0.398 e. The molecule has 0 atom stereocenters. The van der Waals surface area contributed by atoms with E-state index >= 15 is 0 Å². The highest BCUT2D eigenvalue weighted by atomic mass is 32.2. The number of nitrogens with two attached hydrogens (primary N) is 1. The summed E-state index contributed by atoms with van der Waals surface area (Å²) in [6.07, 6.45) is 1.82. The van der Waals surface area contributed by atoms with Crippen molar-refractivity contribution in [3.63, 3.8) is 0 Å². The van der Waals surface area contributed by atoms with Crippen molar-refractivity contribution in [3.05, 3.63) is 30.5 Å². The zero-order chi connectivity index (χ0) is 15.3. The minimum absolute atomic E-state index is 0.806. The molecule has 1 aromatic carbocycles. The third-order valence-corrected chi connectivity index (χ3v) is 5.06. The van der Waals surface area contributed by atoms with Gasteiger partial charge in [0.05, 0.1) is 12.1 Å². The van der Waals surface area contributed by atoms with Gasteiger partial charge in [-0.15, -0.1) is 0 Å². The van der Waals surface area contributed by atoms with E-state index in [1.54, 1.807) is 11.8 Å². The lowest BCUT2D eigenvalue weighted by Crippen LogP contribution is -2.19. The smallest absolute Gasteiger partial charge is 0.121 e. The summed E-state index contributed by atoms with van der Waals surface area (Å²) >= 11 is 1.69. The first-order chi connectivity index (χ1) is 10.6. The van der Waals surface area contributed by atoms with Gasteiger partial charge in [0, 0.05) is 33.6 Å². The molecule has 112 valence electrons. The van der Waals surface area contributed by atoms with Crippen LogP contribution < -0.4 is 5.73 Å². The molecule has 0 saturated carbocycles. The first-order valence-electron chi connectivity index (χ1n) is 7.22. The molecule has 0 aliphatic carbocycles. The second-order valence-electron chi connectivity index (χ2n) is 5.71. The fourth-order valence-corrected chi connectivity index (χ4v) is 3.86. The van der Waals surface area contributed by atoms with Gasteiger partial charge < -0.3 is 10.6 Å². The maximum atomic E-state index is 6.20. The Labute approximate surface area is 133 Å². The molecule has 2 aromatic heterocycles. The van der Waals surface area contributed by atoms with Crippen molar-refractivity contribution in [3.8, 4) is 11.4 Å². The lowest BCUT2D eigenvalue weighted by Gasteiger charge is -2.15. The van der Waals surface area contributed by atoms with Gasteiger partial charge in [0.1, 0.15) is 11.4 Å². The molecule has 0 fully saturated rings. The maximum Gasteiger partial charge on any atom is 0.121 e. The molecule has 1 aliphatic heterocycles. The first-order valence-corrected chi connectivity index (χ1v) is 8.04. The van der Waals surface area contributed by atoms with Crippen molar-refractivity contribution in [2.24, 2.45) is 0 Å². The minimum atomic E-state index is 0.806. The van der Waals surface area contributed by atoms with Gasteiger partial charge in [-0.25, -0.2) is 0 Å². The van der Waals surface area contributed by atoms with Crippen LogP contribution in [0.4, 0.5) is 5.69 Å². The number of aromatic nitrogens is 3. The SMILES string of the molecule is CN(C)CCn1nc2c3c(c(N)ccc31)Sc1cccnc1-2. The van der Waals surface area contributed by atoms with Gasteiger partial charge in [-0.05, 0) is 38.4 Å². The second kappa shape index (κ2) is 5.00. The first kappa shape index (κ1) is 13.6. The molecule has 0 saturated heterocycles. The van der Waals surface area contributed by atoms with E-state index in [0.717, 1.165) is 50.9 Å². The van der Waals surface area contributed by atoms with E-state index in [0.29, 0.717) is 0 Å². The molecule has 4 rings (SSSR count). The van der Waals surface area contributed by atoms with Crippen molar-refractivity contribution in [2.45, 2.75) is 16.3 Å². The molecule has 2 N–H and O–H groups in total. The molecule has 1 aliphatic rings. The number of fused-ring (bicyclic) bond motifs is 2. The third kappa shape index (κ3) is 1.99. The summed E-state index contributed by atoms with van der Waals surface area (Å²) in [5, 5.41) is 5.97. The third-order valence-electron chi connectivity index (χ3n) is 3.87. The monoisotopic (exact) mass is 311 g/mol. The van der Waals surface area contributed by atoms with Crippen LogP contribution in [0.5, 0.6) is 0 Å². The molecule has 22 heavy (non-hydrogen) atoms. The molecule has 0 amide bonds. The van der Waals surface area contributed by atoms with Crippen LogP contribution in [-0.4, -0.2) is 40.3 Å². The summed E-state index contributed by atoms with van der Waals surface area (Å²) in [6.45, 7) is 1.79. The van der Waals surface area contributed by atoms with Gasteiger partial charge in [-0.2, -0.15) is 5.10 Å². The van der Waals surface area contributed by atoms with E-state index < -0.39 is 0 Å². The van der Waals surface area contributed by atoms with Crippen LogP contribution in [0.25, 0.3) is 22.3 Å². The number of likely N-dealkylation sites (N-methyl/N-ethyl adjacent to an activating group) is 1. The lowest BCUT2D eigenvalue weighted by molar-refractivity contribution is 0.377. The number of benzene rings is 1. The standard InChI is InChI=1S/C16H17N5S/c1-20(2)8-9-21-11-6-5-10(17)16-13(11)15(19-21)14-12(22-16)4-3-7-18-14/h3-7H,8-9,17H2,1-2H3. The average Bonchev–Trinajstić information content (AvgIpc) is 2.88.